The standard InChI is InChI=1S/C14H14N2OS2/c17-8-7-11(12-6-3-9-18-12)16-14-15-10-4-1-2-5-13(10)19-14/h1-6,9,11,17H,7-8H2,(H,15,16). The number of fused-ring (bicyclic) bond motifs is 1. The Bertz CT molecular complexity index is 615. The summed E-state index contributed by atoms with van der Waals surface area (Å²) in [6.07, 6.45) is 0.691. The number of thiazole rings is 1. The fraction of sp³-hybridized carbons (Fsp3) is 0.214. The van der Waals surface area contributed by atoms with Gasteiger partial charge in [0.2, 0.25) is 0 Å². The van der Waals surface area contributed by atoms with Crippen LogP contribution in [0.4, 0.5) is 5.13 Å². The highest BCUT2D eigenvalue weighted by molar-refractivity contribution is 7.22. The third-order valence-corrected chi connectivity index (χ3v) is 4.85. The van der Waals surface area contributed by atoms with Crippen molar-refractivity contribution >= 4 is 38.0 Å². The number of hydrogen-bond donors (Lipinski definition) is 2. The van der Waals surface area contributed by atoms with Crippen molar-refractivity contribution in [3.8, 4) is 0 Å². The van der Waals surface area contributed by atoms with Crippen LogP contribution < -0.4 is 5.32 Å². The average Bonchev–Trinajstić information content (AvgIpc) is 3.07. The molecule has 0 saturated heterocycles. The molecule has 0 fully saturated rings. The predicted octanol–water partition coefficient (Wildman–Crippen LogP) is 3.89. The molecule has 1 atom stereocenters. The summed E-state index contributed by atoms with van der Waals surface area (Å²) in [7, 11) is 0. The van der Waals surface area contributed by atoms with E-state index in [1.165, 1.54) is 9.58 Å². The number of nitrogens with zero attached hydrogens (tertiary/aromatic N) is 1. The van der Waals surface area contributed by atoms with Crippen LogP contribution in [0.15, 0.2) is 41.8 Å². The quantitative estimate of drug-likeness (QED) is 0.749. The van der Waals surface area contributed by atoms with Crippen LogP contribution >= 0.6 is 22.7 Å². The topological polar surface area (TPSA) is 45.1 Å². The lowest BCUT2D eigenvalue weighted by Crippen LogP contribution is -2.10. The number of anilines is 1. The van der Waals surface area contributed by atoms with E-state index in [0.717, 1.165) is 10.6 Å². The molecule has 98 valence electrons. The zero-order valence-corrected chi connectivity index (χ0v) is 11.9. The first-order chi connectivity index (χ1) is 9.36. The van der Waals surface area contributed by atoms with Crippen LogP contribution in [0.5, 0.6) is 0 Å². The highest BCUT2D eigenvalue weighted by Gasteiger charge is 2.14. The lowest BCUT2D eigenvalue weighted by molar-refractivity contribution is 0.280. The Labute approximate surface area is 119 Å². The Morgan fingerprint density at radius 1 is 1.21 bits per heavy atom. The lowest BCUT2D eigenvalue weighted by Gasteiger charge is -2.15. The molecule has 3 aromatic rings. The summed E-state index contributed by atoms with van der Waals surface area (Å²) in [5.41, 5.74) is 1.02. The van der Waals surface area contributed by atoms with Crippen LogP contribution in [0, 0.1) is 0 Å². The number of aliphatic hydroxyl groups is 1. The summed E-state index contributed by atoms with van der Waals surface area (Å²) in [5, 5.41) is 15.6. The molecule has 0 radical (unpaired) electrons. The number of aromatic nitrogens is 1. The van der Waals surface area contributed by atoms with E-state index >= 15 is 0 Å². The first kappa shape index (κ1) is 12.6. The van der Waals surface area contributed by atoms with Gasteiger partial charge in [-0.2, -0.15) is 0 Å². The zero-order valence-electron chi connectivity index (χ0n) is 10.2. The Kier molecular flexibility index (Phi) is 3.77. The van der Waals surface area contributed by atoms with Crippen molar-refractivity contribution in [1.82, 2.24) is 4.98 Å². The molecular formula is C14H14N2OS2. The van der Waals surface area contributed by atoms with Gasteiger partial charge in [-0.3, -0.25) is 0 Å². The van der Waals surface area contributed by atoms with Gasteiger partial charge in [0.25, 0.3) is 0 Å². The Balaban J connectivity index is 1.85. The minimum Gasteiger partial charge on any atom is -0.396 e. The van der Waals surface area contributed by atoms with E-state index in [1.807, 2.05) is 24.3 Å². The van der Waals surface area contributed by atoms with Crippen molar-refractivity contribution < 1.29 is 5.11 Å². The maximum atomic E-state index is 9.20. The number of thiophene rings is 1. The highest BCUT2D eigenvalue weighted by Crippen LogP contribution is 2.31. The number of rotatable bonds is 5. The molecule has 3 rings (SSSR count). The molecule has 2 heterocycles. The smallest absolute Gasteiger partial charge is 0.184 e. The third kappa shape index (κ3) is 2.78. The Morgan fingerprint density at radius 3 is 2.84 bits per heavy atom. The second-order valence-electron chi connectivity index (χ2n) is 4.21. The van der Waals surface area contributed by atoms with Crippen molar-refractivity contribution in [3.05, 3.63) is 46.7 Å². The van der Waals surface area contributed by atoms with Gasteiger partial charge in [-0.05, 0) is 30.0 Å². The van der Waals surface area contributed by atoms with E-state index in [1.54, 1.807) is 22.7 Å². The van der Waals surface area contributed by atoms with Gasteiger partial charge in [-0.25, -0.2) is 4.98 Å². The summed E-state index contributed by atoms with van der Waals surface area (Å²) >= 11 is 3.35. The molecule has 0 aliphatic carbocycles. The summed E-state index contributed by atoms with van der Waals surface area (Å²) in [6.45, 7) is 0.167. The van der Waals surface area contributed by atoms with Crippen LogP contribution in [0.1, 0.15) is 17.3 Å². The SMILES string of the molecule is OCCC(Nc1nc2ccccc2s1)c1cccs1. The van der Waals surface area contributed by atoms with E-state index in [2.05, 4.69) is 27.8 Å². The highest BCUT2D eigenvalue weighted by atomic mass is 32.1. The number of hydrogen-bond acceptors (Lipinski definition) is 5. The van der Waals surface area contributed by atoms with Gasteiger partial charge in [0, 0.05) is 11.5 Å². The molecule has 0 bridgehead atoms. The maximum Gasteiger partial charge on any atom is 0.184 e. The van der Waals surface area contributed by atoms with Crippen molar-refractivity contribution in [3.63, 3.8) is 0 Å². The van der Waals surface area contributed by atoms with Gasteiger partial charge in [0.15, 0.2) is 5.13 Å². The normalized spacial score (nSPS) is 12.7. The molecule has 0 spiro atoms. The number of benzene rings is 1. The first-order valence-corrected chi connectivity index (χ1v) is 7.83. The summed E-state index contributed by atoms with van der Waals surface area (Å²) < 4.78 is 1.18. The van der Waals surface area contributed by atoms with E-state index in [4.69, 9.17) is 0 Å². The van der Waals surface area contributed by atoms with Gasteiger partial charge in [0.05, 0.1) is 16.3 Å². The molecule has 0 aliphatic rings. The van der Waals surface area contributed by atoms with Crippen LogP contribution in [0.2, 0.25) is 0 Å². The van der Waals surface area contributed by atoms with Gasteiger partial charge >= 0.3 is 0 Å². The largest absolute Gasteiger partial charge is 0.396 e. The van der Waals surface area contributed by atoms with E-state index in [9.17, 15) is 5.11 Å². The Hall–Kier alpha value is -1.43. The molecule has 0 amide bonds. The molecule has 5 heteroatoms. The molecule has 19 heavy (non-hydrogen) atoms. The molecule has 2 aromatic heterocycles. The van der Waals surface area contributed by atoms with Crippen molar-refractivity contribution in [2.45, 2.75) is 12.5 Å². The molecule has 1 aromatic carbocycles. The molecule has 0 saturated carbocycles. The molecule has 3 nitrogen and oxygen atoms in total. The second-order valence-corrected chi connectivity index (χ2v) is 6.22. The zero-order chi connectivity index (χ0) is 13.1. The van der Waals surface area contributed by atoms with E-state index < -0.39 is 0 Å². The predicted molar refractivity (Wildman–Crippen MR) is 82.0 cm³/mol. The van der Waals surface area contributed by atoms with E-state index in [0.29, 0.717) is 6.42 Å². The Morgan fingerprint density at radius 2 is 2.11 bits per heavy atom. The fourth-order valence-corrected chi connectivity index (χ4v) is 3.72. The minimum atomic E-state index is 0.130. The van der Waals surface area contributed by atoms with Gasteiger partial charge in [-0.1, -0.05) is 29.5 Å². The number of para-hydroxylation sites is 1. The summed E-state index contributed by atoms with van der Waals surface area (Å²) in [5.74, 6) is 0. The van der Waals surface area contributed by atoms with Crippen LogP contribution in [0.25, 0.3) is 10.2 Å². The van der Waals surface area contributed by atoms with Crippen LogP contribution in [-0.2, 0) is 0 Å². The van der Waals surface area contributed by atoms with Crippen LogP contribution in [-0.4, -0.2) is 16.7 Å². The first-order valence-electron chi connectivity index (χ1n) is 6.13. The van der Waals surface area contributed by atoms with Crippen molar-refractivity contribution in [1.29, 1.82) is 0 Å². The molecular weight excluding hydrogens is 276 g/mol. The second kappa shape index (κ2) is 5.69. The maximum absolute atomic E-state index is 9.20. The van der Waals surface area contributed by atoms with Gasteiger partial charge < -0.3 is 10.4 Å². The molecule has 1 unspecified atom stereocenters. The number of nitrogens with one attached hydrogen (secondary N) is 1. The summed E-state index contributed by atoms with van der Waals surface area (Å²) in [4.78, 5) is 5.80. The van der Waals surface area contributed by atoms with Crippen molar-refractivity contribution in [2.75, 3.05) is 11.9 Å². The third-order valence-electron chi connectivity index (χ3n) is 2.90. The minimum absolute atomic E-state index is 0.130. The monoisotopic (exact) mass is 290 g/mol. The lowest BCUT2D eigenvalue weighted by atomic mass is 10.2. The van der Waals surface area contributed by atoms with Gasteiger partial charge in [-0.15, -0.1) is 11.3 Å². The van der Waals surface area contributed by atoms with Crippen molar-refractivity contribution in [2.24, 2.45) is 0 Å². The number of aliphatic hydroxyl groups excluding tert-OH is 1. The summed E-state index contributed by atoms with van der Waals surface area (Å²) in [6, 6.07) is 12.4. The van der Waals surface area contributed by atoms with Gasteiger partial charge in [0.1, 0.15) is 0 Å². The molecule has 2 N–H and O–H groups in total. The molecule has 0 aliphatic heterocycles. The van der Waals surface area contributed by atoms with E-state index in [-0.39, 0.29) is 12.6 Å². The average molecular weight is 290 g/mol. The fourth-order valence-electron chi connectivity index (χ4n) is 1.99. The van der Waals surface area contributed by atoms with Crippen LogP contribution in [0.3, 0.4) is 0 Å².